The van der Waals surface area contributed by atoms with E-state index in [0.29, 0.717) is 6.54 Å². The fourth-order valence-electron chi connectivity index (χ4n) is 2.49. The second kappa shape index (κ2) is 9.12. The van der Waals surface area contributed by atoms with E-state index in [0.717, 1.165) is 39.7 Å². The van der Waals surface area contributed by atoms with E-state index in [1.807, 2.05) is 48.7 Å². The van der Waals surface area contributed by atoms with Crippen molar-refractivity contribution in [1.82, 2.24) is 4.98 Å². The Morgan fingerprint density at radius 3 is 2.69 bits per heavy atom. The minimum atomic E-state index is 0.602. The van der Waals surface area contributed by atoms with E-state index in [2.05, 4.69) is 27.2 Å². The average molecular weight is 366 g/mol. The Morgan fingerprint density at radius 1 is 1.04 bits per heavy atom. The van der Waals surface area contributed by atoms with Crippen LogP contribution in [0.2, 0.25) is 0 Å². The molecule has 0 aliphatic heterocycles. The van der Waals surface area contributed by atoms with E-state index in [1.54, 1.807) is 13.3 Å². The number of hydrogen-bond acceptors (Lipinski definition) is 6. The lowest BCUT2D eigenvalue weighted by Gasteiger charge is -2.12. The Hall–Kier alpha value is -2.70. The number of pyridine rings is 1. The first-order valence-corrected chi connectivity index (χ1v) is 9.17. The highest BCUT2D eigenvalue weighted by molar-refractivity contribution is 8.00. The minimum absolute atomic E-state index is 0.602. The molecule has 0 unspecified atom stereocenters. The number of rotatable bonds is 8. The van der Waals surface area contributed by atoms with Crippen LogP contribution in [0.5, 0.6) is 5.75 Å². The Kier molecular flexibility index (Phi) is 6.35. The van der Waals surface area contributed by atoms with E-state index in [9.17, 15) is 0 Å². The number of nitrogens with one attached hydrogen (secondary N) is 2. The van der Waals surface area contributed by atoms with Crippen molar-refractivity contribution in [3.63, 3.8) is 0 Å². The van der Waals surface area contributed by atoms with E-state index in [-0.39, 0.29) is 0 Å². The summed E-state index contributed by atoms with van der Waals surface area (Å²) in [5.74, 6) is 0.826. The highest BCUT2D eigenvalue weighted by Crippen LogP contribution is 2.34. The molecule has 26 heavy (non-hydrogen) atoms. The summed E-state index contributed by atoms with van der Waals surface area (Å²) >= 11 is 1.52. The first-order chi connectivity index (χ1) is 12.8. The van der Waals surface area contributed by atoms with E-state index in [4.69, 9.17) is 10.5 Å². The lowest BCUT2D eigenvalue weighted by Crippen LogP contribution is -2.12. The van der Waals surface area contributed by atoms with Crippen LogP contribution < -0.4 is 20.5 Å². The van der Waals surface area contributed by atoms with E-state index in [1.165, 1.54) is 11.9 Å². The second-order valence-electron chi connectivity index (χ2n) is 5.61. The van der Waals surface area contributed by atoms with Gasteiger partial charge >= 0.3 is 0 Å². The van der Waals surface area contributed by atoms with Crippen molar-refractivity contribution in [2.45, 2.75) is 4.90 Å². The number of ether oxygens (including phenoxy) is 1. The summed E-state index contributed by atoms with van der Waals surface area (Å²) in [6, 6.07) is 18.2. The molecule has 3 rings (SSSR count). The highest BCUT2D eigenvalue weighted by Gasteiger charge is 2.08. The summed E-state index contributed by atoms with van der Waals surface area (Å²) in [5.41, 5.74) is 9.76. The van der Waals surface area contributed by atoms with Crippen LogP contribution in [0.4, 0.5) is 11.4 Å². The summed E-state index contributed by atoms with van der Waals surface area (Å²) < 4.78 is 8.88. The van der Waals surface area contributed by atoms with Crippen LogP contribution in [0.25, 0.3) is 11.1 Å². The van der Waals surface area contributed by atoms with Crippen LogP contribution in [-0.2, 0) is 0 Å². The molecule has 0 aliphatic rings. The molecule has 0 atom stereocenters. The molecule has 4 N–H and O–H groups in total. The molecule has 0 aliphatic carbocycles. The van der Waals surface area contributed by atoms with E-state index >= 15 is 0 Å². The van der Waals surface area contributed by atoms with Crippen LogP contribution in [0.15, 0.2) is 71.9 Å². The standard InChI is InChI=1S/C20H22N4OS/c1-25-19-8-7-15(16-4-3-10-22-14-16)12-20(19)26-24-18-6-2-5-17(13-18)23-11-9-21/h2-8,10,12-14,23-24H,9,11,21H2,1H3. The summed E-state index contributed by atoms with van der Waals surface area (Å²) in [4.78, 5) is 5.20. The topological polar surface area (TPSA) is 72.2 Å². The van der Waals surface area contributed by atoms with Crippen LogP contribution in [-0.4, -0.2) is 25.2 Å². The first kappa shape index (κ1) is 18.1. The molecule has 1 aromatic heterocycles. The SMILES string of the molecule is COc1ccc(-c2cccnc2)cc1SNc1cccc(NCCN)c1. The van der Waals surface area contributed by atoms with Gasteiger partial charge in [0.15, 0.2) is 0 Å². The van der Waals surface area contributed by atoms with Crippen molar-refractivity contribution >= 4 is 23.3 Å². The fourth-order valence-corrected chi connectivity index (χ4v) is 3.29. The van der Waals surface area contributed by atoms with E-state index < -0.39 is 0 Å². The van der Waals surface area contributed by atoms with Crippen LogP contribution in [0, 0.1) is 0 Å². The van der Waals surface area contributed by atoms with Gasteiger partial charge in [-0.15, -0.1) is 0 Å². The highest BCUT2D eigenvalue weighted by atomic mass is 32.2. The molecule has 0 saturated heterocycles. The molecule has 134 valence electrons. The first-order valence-electron chi connectivity index (χ1n) is 8.35. The van der Waals surface area contributed by atoms with Crippen molar-refractivity contribution in [3.8, 4) is 16.9 Å². The van der Waals surface area contributed by atoms with Crippen molar-refractivity contribution in [3.05, 3.63) is 67.0 Å². The predicted molar refractivity (Wildman–Crippen MR) is 110 cm³/mol. The van der Waals surface area contributed by atoms with Crippen LogP contribution >= 0.6 is 11.9 Å². The van der Waals surface area contributed by atoms with Crippen LogP contribution in [0.3, 0.4) is 0 Å². The lowest BCUT2D eigenvalue weighted by atomic mass is 10.1. The Labute approximate surface area is 158 Å². The van der Waals surface area contributed by atoms with Gasteiger partial charge in [-0.1, -0.05) is 18.2 Å². The Bertz CT molecular complexity index is 842. The quantitative estimate of drug-likeness (QED) is 0.518. The minimum Gasteiger partial charge on any atom is -0.496 e. The molecule has 6 heteroatoms. The average Bonchev–Trinajstić information content (AvgIpc) is 2.71. The molecule has 1 heterocycles. The van der Waals surface area contributed by atoms with Gasteiger partial charge in [-0.05, 0) is 53.9 Å². The Balaban J connectivity index is 1.76. The van der Waals surface area contributed by atoms with Gasteiger partial charge < -0.3 is 20.5 Å². The molecule has 0 radical (unpaired) electrons. The lowest BCUT2D eigenvalue weighted by molar-refractivity contribution is 0.405. The third kappa shape index (κ3) is 4.68. The molecule has 0 amide bonds. The molecule has 3 aromatic rings. The molecule has 0 fully saturated rings. The number of nitrogens with two attached hydrogens (primary N) is 1. The number of hydrogen-bond donors (Lipinski definition) is 3. The van der Waals surface area contributed by atoms with Crippen molar-refractivity contribution < 1.29 is 4.74 Å². The van der Waals surface area contributed by atoms with Crippen molar-refractivity contribution in [2.75, 3.05) is 30.2 Å². The summed E-state index contributed by atoms with van der Waals surface area (Å²) in [7, 11) is 1.68. The maximum Gasteiger partial charge on any atom is 0.134 e. The number of nitrogens with zero attached hydrogens (tertiary/aromatic N) is 1. The van der Waals surface area contributed by atoms with Crippen molar-refractivity contribution in [2.24, 2.45) is 5.73 Å². The van der Waals surface area contributed by atoms with Gasteiger partial charge in [0.05, 0.1) is 12.0 Å². The van der Waals surface area contributed by atoms with Gasteiger partial charge in [-0.2, -0.15) is 0 Å². The van der Waals surface area contributed by atoms with Gasteiger partial charge in [0, 0.05) is 42.4 Å². The summed E-state index contributed by atoms with van der Waals surface area (Å²) in [6.45, 7) is 1.35. The predicted octanol–water partition coefficient (Wildman–Crippen LogP) is 4.25. The van der Waals surface area contributed by atoms with Gasteiger partial charge in [0.1, 0.15) is 5.75 Å². The normalized spacial score (nSPS) is 10.4. The number of anilines is 2. The number of benzene rings is 2. The number of aromatic nitrogens is 1. The maximum absolute atomic E-state index is 5.54. The van der Waals surface area contributed by atoms with Gasteiger partial charge in [0.2, 0.25) is 0 Å². The third-order valence-electron chi connectivity index (χ3n) is 3.77. The molecular weight excluding hydrogens is 344 g/mol. The van der Waals surface area contributed by atoms with Crippen LogP contribution in [0.1, 0.15) is 0 Å². The largest absolute Gasteiger partial charge is 0.496 e. The fraction of sp³-hybridized carbons (Fsp3) is 0.150. The maximum atomic E-state index is 5.54. The molecule has 0 spiro atoms. The molecular formula is C20H22N4OS. The monoisotopic (exact) mass is 366 g/mol. The molecule has 0 saturated carbocycles. The smallest absolute Gasteiger partial charge is 0.134 e. The van der Waals surface area contributed by atoms with Gasteiger partial charge in [0.25, 0.3) is 0 Å². The second-order valence-corrected chi connectivity index (χ2v) is 6.46. The third-order valence-corrected chi connectivity index (χ3v) is 4.65. The molecule has 0 bridgehead atoms. The number of methoxy groups -OCH3 is 1. The Morgan fingerprint density at radius 2 is 1.92 bits per heavy atom. The zero-order chi connectivity index (χ0) is 18.2. The van der Waals surface area contributed by atoms with Gasteiger partial charge in [-0.25, -0.2) is 0 Å². The van der Waals surface area contributed by atoms with Gasteiger partial charge in [-0.3, -0.25) is 4.98 Å². The zero-order valence-electron chi connectivity index (χ0n) is 14.6. The summed E-state index contributed by atoms with van der Waals surface area (Å²) in [6.07, 6.45) is 3.63. The molecule has 2 aromatic carbocycles. The zero-order valence-corrected chi connectivity index (χ0v) is 15.4. The molecule has 5 nitrogen and oxygen atoms in total. The summed E-state index contributed by atoms with van der Waals surface area (Å²) in [5, 5.41) is 3.28. The van der Waals surface area contributed by atoms with Crippen molar-refractivity contribution in [1.29, 1.82) is 0 Å².